The van der Waals surface area contributed by atoms with Crippen LogP contribution in [0.15, 0.2) is 52.9 Å². The molecule has 22 heavy (non-hydrogen) atoms. The summed E-state index contributed by atoms with van der Waals surface area (Å²) in [7, 11) is 0. The molecule has 0 atom stereocenters. The van der Waals surface area contributed by atoms with Crippen molar-refractivity contribution < 1.29 is 19.1 Å². The van der Waals surface area contributed by atoms with E-state index in [1.807, 2.05) is 6.07 Å². The third kappa shape index (κ3) is 2.49. The lowest BCUT2D eigenvalue weighted by molar-refractivity contribution is -0.137. The Labute approximate surface area is 125 Å². The van der Waals surface area contributed by atoms with Crippen LogP contribution in [0.2, 0.25) is 0 Å². The number of para-hydroxylation sites is 1. The Bertz CT molecular complexity index is 737. The molecule has 0 saturated heterocycles. The maximum atomic E-state index is 12.1. The van der Waals surface area contributed by atoms with Gasteiger partial charge in [-0.15, -0.1) is 0 Å². The van der Waals surface area contributed by atoms with Crippen LogP contribution >= 0.6 is 0 Å². The molecule has 2 aromatic rings. The number of hydrogen-bond acceptors (Lipinski definition) is 6. The summed E-state index contributed by atoms with van der Waals surface area (Å²) in [5.74, 6) is -0.510. The molecule has 0 aliphatic carbocycles. The number of aliphatic hydroxyl groups excluding tert-OH is 1. The van der Waals surface area contributed by atoms with Crippen molar-refractivity contribution in [2.75, 3.05) is 18.5 Å². The molecule has 0 saturated carbocycles. The van der Waals surface area contributed by atoms with Crippen LogP contribution in [0.1, 0.15) is 0 Å². The molecule has 2 heterocycles. The summed E-state index contributed by atoms with van der Waals surface area (Å²) in [6.45, 7) is -0.299. The van der Waals surface area contributed by atoms with Crippen LogP contribution in [0.5, 0.6) is 0 Å². The number of benzene rings is 1. The topological polar surface area (TPSA) is 95.7 Å². The fraction of sp³-hybridized carbons (Fsp3) is 0.133. The van der Waals surface area contributed by atoms with Gasteiger partial charge in [-0.2, -0.15) is 0 Å². The van der Waals surface area contributed by atoms with Gasteiger partial charge >= 0.3 is 0 Å². The molecule has 2 N–H and O–H groups in total. The zero-order valence-electron chi connectivity index (χ0n) is 11.5. The number of carbonyl (C=O) groups excluding carboxylic acids is 2. The average Bonchev–Trinajstić information content (AvgIpc) is 3.13. The summed E-state index contributed by atoms with van der Waals surface area (Å²) in [6, 6.07) is 7.16. The molecule has 0 radical (unpaired) electrons. The van der Waals surface area contributed by atoms with Gasteiger partial charge in [0.15, 0.2) is 0 Å². The number of anilines is 1. The van der Waals surface area contributed by atoms with Gasteiger partial charge in [0.2, 0.25) is 5.89 Å². The molecule has 1 aliphatic heterocycles. The fourth-order valence-electron chi connectivity index (χ4n) is 2.19. The third-order valence-electron chi connectivity index (χ3n) is 3.19. The molecule has 0 unspecified atom stereocenters. The molecular formula is C15H13N3O4. The van der Waals surface area contributed by atoms with Crippen molar-refractivity contribution in [3.8, 4) is 11.5 Å². The highest BCUT2D eigenvalue weighted by Crippen LogP contribution is 2.28. The number of carbonyl (C=O) groups is 2. The van der Waals surface area contributed by atoms with Crippen molar-refractivity contribution in [3.05, 3.63) is 48.5 Å². The highest BCUT2D eigenvalue weighted by atomic mass is 16.3. The van der Waals surface area contributed by atoms with Crippen molar-refractivity contribution >= 4 is 17.5 Å². The Hall–Kier alpha value is -2.93. The number of amides is 2. The van der Waals surface area contributed by atoms with E-state index in [9.17, 15) is 9.59 Å². The van der Waals surface area contributed by atoms with Crippen LogP contribution in [0.4, 0.5) is 5.69 Å². The first-order valence-corrected chi connectivity index (χ1v) is 6.65. The number of imide groups is 1. The summed E-state index contributed by atoms with van der Waals surface area (Å²) in [5.41, 5.74) is 1.43. The Balaban J connectivity index is 1.88. The van der Waals surface area contributed by atoms with E-state index >= 15 is 0 Å². The van der Waals surface area contributed by atoms with E-state index in [1.54, 1.807) is 18.2 Å². The Morgan fingerprint density at radius 2 is 2.09 bits per heavy atom. The van der Waals surface area contributed by atoms with Gasteiger partial charge in [-0.1, -0.05) is 12.1 Å². The van der Waals surface area contributed by atoms with Crippen LogP contribution in [0.25, 0.3) is 11.5 Å². The molecule has 1 aromatic heterocycles. The number of aromatic nitrogens is 1. The van der Waals surface area contributed by atoms with Crippen LogP contribution in [-0.4, -0.2) is 40.0 Å². The molecule has 0 spiro atoms. The smallest absolute Gasteiger partial charge is 0.277 e. The van der Waals surface area contributed by atoms with Crippen LogP contribution < -0.4 is 5.32 Å². The minimum Gasteiger partial charge on any atom is -0.444 e. The zero-order valence-corrected chi connectivity index (χ0v) is 11.5. The monoisotopic (exact) mass is 299 g/mol. The summed E-state index contributed by atoms with van der Waals surface area (Å²) < 4.78 is 5.27. The fourth-order valence-corrected chi connectivity index (χ4v) is 2.19. The minimum atomic E-state index is -0.471. The first-order valence-electron chi connectivity index (χ1n) is 6.65. The standard InChI is InChI=1S/C15H13N3O4/c19-7-6-18-13(20)9-12(15(18)21)17-11-4-2-1-3-10(11)14-16-5-8-22-14/h1-5,8-9,17,19H,6-7H2. The second kappa shape index (κ2) is 5.82. The molecule has 1 aromatic carbocycles. The van der Waals surface area contributed by atoms with Crippen molar-refractivity contribution in [1.29, 1.82) is 0 Å². The highest BCUT2D eigenvalue weighted by molar-refractivity contribution is 6.17. The number of nitrogens with one attached hydrogen (secondary N) is 1. The second-order valence-electron chi connectivity index (χ2n) is 4.58. The van der Waals surface area contributed by atoms with E-state index in [2.05, 4.69) is 10.3 Å². The average molecular weight is 299 g/mol. The Morgan fingerprint density at radius 3 is 2.82 bits per heavy atom. The quantitative estimate of drug-likeness (QED) is 0.800. The maximum Gasteiger partial charge on any atom is 0.277 e. The SMILES string of the molecule is O=C1C=C(Nc2ccccc2-c2ncco2)C(=O)N1CCO. The zero-order chi connectivity index (χ0) is 15.5. The van der Waals surface area contributed by atoms with E-state index in [1.165, 1.54) is 18.5 Å². The van der Waals surface area contributed by atoms with E-state index in [0.717, 1.165) is 4.90 Å². The van der Waals surface area contributed by atoms with Crippen molar-refractivity contribution in [2.45, 2.75) is 0 Å². The number of β-amino-alcohol motifs (C(OH)–C–C–N with tert-alkyl or cyclic N) is 1. The van der Waals surface area contributed by atoms with Gasteiger partial charge in [-0.25, -0.2) is 4.98 Å². The molecule has 0 fully saturated rings. The lowest BCUT2D eigenvalue weighted by atomic mass is 10.1. The Morgan fingerprint density at radius 1 is 1.27 bits per heavy atom. The summed E-state index contributed by atoms with van der Waals surface area (Å²) >= 11 is 0. The highest BCUT2D eigenvalue weighted by Gasteiger charge is 2.31. The third-order valence-corrected chi connectivity index (χ3v) is 3.19. The van der Waals surface area contributed by atoms with Gasteiger partial charge in [-0.3, -0.25) is 14.5 Å². The maximum absolute atomic E-state index is 12.1. The van der Waals surface area contributed by atoms with Gasteiger partial charge in [0, 0.05) is 6.08 Å². The number of aliphatic hydroxyl groups is 1. The molecule has 2 amide bonds. The molecule has 1 aliphatic rings. The molecule has 3 rings (SSSR count). The largest absolute Gasteiger partial charge is 0.444 e. The summed E-state index contributed by atoms with van der Waals surface area (Å²) in [4.78, 5) is 28.9. The first-order chi connectivity index (χ1) is 10.7. The van der Waals surface area contributed by atoms with E-state index in [0.29, 0.717) is 17.1 Å². The Kier molecular flexibility index (Phi) is 3.71. The van der Waals surface area contributed by atoms with Crippen LogP contribution in [-0.2, 0) is 9.59 Å². The molecule has 0 bridgehead atoms. The molecule has 7 nitrogen and oxygen atoms in total. The first kappa shape index (κ1) is 14.0. The van der Waals surface area contributed by atoms with Gasteiger partial charge in [-0.05, 0) is 12.1 Å². The molecule has 112 valence electrons. The number of rotatable bonds is 5. The van der Waals surface area contributed by atoms with Gasteiger partial charge < -0.3 is 14.8 Å². The summed E-state index contributed by atoms with van der Waals surface area (Å²) in [5, 5.41) is 11.8. The minimum absolute atomic E-state index is 0.0271. The van der Waals surface area contributed by atoms with Gasteiger partial charge in [0.1, 0.15) is 12.0 Å². The lowest BCUT2D eigenvalue weighted by Gasteiger charge is -2.14. The van der Waals surface area contributed by atoms with Gasteiger partial charge in [0.05, 0.1) is 30.6 Å². The second-order valence-corrected chi connectivity index (χ2v) is 4.58. The normalized spacial score (nSPS) is 14.4. The van der Waals surface area contributed by atoms with Crippen molar-refractivity contribution in [1.82, 2.24) is 9.88 Å². The van der Waals surface area contributed by atoms with E-state index in [-0.39, 0.29) is 18.8 Å². The van der Waals surface area contributed by atoms with E-state index < -0.39 is 11.8 Å². The predicted octanol–water partition coefficient (Wildman–Crippen LogP) is 0.998. The molecular weight excluding hydrogens is 286 g/mol. The van der Waals surface area contributed by atoms with E-state index in [4.69, 9.17) is 9.52 Å². The van der Waals surface area contributed by atoms with Crippen molar-refractivity contribution in [3.63, 3.8) is 0 Å². The summed E-state index contributed by atoms with van der Waals surface area (Å²) in [6.07, 6.45) is 4.20. The van der Waals surface area contributed by atoms with Crippen molar-refractivity contribution in [2.24, 2.45) is 0 Å². The number of oxazole rings is 1. The molecule has 7 heteroatoms. The number of nitrogens with zero attached hydrogens (tertiary/aromatic N) is 2. The number of hydrogen-bond donors (Lipinski definition) is 2. The van der Waals surface area contributed by atoms with Crippen LogP contribution in [0.3, 0.4) is 0 Å². The van der Waals surface area contributed by atoms with Crippen LogP contribution in [0, 0.1) is 0 Å². The van der Waals surface area contributed by atoms with Gasteiger partial charge in [0.25, 0.3) is 11.8 Å². The predicted molar refractivity (Wildman–Crippen MR) is 77.5 cm³/mol. The lowest BCUT2D eigenvalue weighted by Crippen LogP contribution is -2.34.